The van der Waals surface area contributed by atoms with Crippen LogP contribution in [-0.2, 0) is 6.54 Å². The maximum Gasteiger partial charge on any atom is 0.0445 e. The maximum atomic E-state index is 4.30. The second-order valence-electron chi connectivity index (χ2n) is 6.43. The lowest BCUT2D eigenvalue weighted by molar-refractivity contribution is 0.372. The summed E-state index contributed by atoms with van der Waals surface area (Å²) in [5.41, 5.74) is 2.59. The molecule has 4 nitrogen and oxygen atoms in total. The normalized spacial score (nSPS) is 13.0. The van der Waals surface area contributed by atoms with Crippen molar-refractivity contribution in [2.45, 2.75) is 40.3 Å². The van der Waals surface area contributed by atoms with Gasteiger partial charge in [-0.15, -0.1) is 0 Å². The van der Waals surface area contributed by atoms with Crippen molar-refractivity contribution < 1.29 is 0 Å². The van der Waals surface area contributed by atoms with Crippen molar-refractivity contribution in [3.05, 3.63) is 24.0 Å². The Morgan fingerprint density at radius 2 is 1.95 bits per heavy atom. The summed E-state index contributed by atoms with van der Waals surface area (Å²) in [7, 11) is 4.25. The van der Waals surface area contributed by atoms with Crippen LogP contribution in [0, 0.1) is 5.92 Å². The third-order valence-corrected chi connectivity index (χ3v) is 3.56. The van der Waals surface area contributed by atoms with Crippen molar-refractivity contribution in [3.63, 3.8) is 0 Å². The number of nitrogens with one attached hydrogen (secondary N) is 1. The highest BCUT2D eigenvalue weighted by Gasteiger charge is 2.16. The number of likely N-dealkylation sites (N-methyl/N-ethyl adjacent to an activating group) is 2. The van der Waals surface area contributed by atoms with Crippen LogP contribution in [-0.4, -0.2) is 49.7 Å². The molecule has 0 aliphatic rings. The Bertz CT molecular complexity index is 404. The SMILES string of the molecule is CCN(c1ccncc1CNCC(C)C)C(C)CN(C)C. The largest absolute Gasteiger partial charge is 0.367 e. The Labute approximate surface area is 130 Å². The lowest BCUT2D eigenvalue weighted by atomic mass is 10.1. The van der Waals surface area contributed by atoms with Crippen molar-refractivity contribution in [2.24, 2.45) is 5.92 Å². The van der Waals surface area contributed by atoms with E-state index in [0.717, 1.165) is 26.2 Å². The maximum absolute atomic E-state index is 4.30. The number of pyridine rings is 1. The van der Waals surface area contributed by atoms with E-state index in [1.807, 2.05) is 12.4 Å². The molecular weight excluding hydrogens is 260 g/mol. The fourth-order valence-electron chi connectivity index (χ4n) is 2.68. The first-order chi connectivity index (χ1) is 9.95. The van der Waals surface area contributed by atoms with Gasteiger partial charge < -0.3 is 15.1 Å². The molecule has 0 aliphatic carbocycles. The number of aromatic nitrogens is 1. The van der Waals surface area contributed by atoms with Gasteiger partial charge >= 0.3 is 0 Å². The smallest absolute Gasteiger partial charge is 0.0445 e. The van der Waals surface area contributed by atoms with E-state index < -0.39 is 0 Å². The summed E-state index contributed by atoms with van der Waals surface area (Å²) in [5.74, 6) is 0.667. The van der Waals surface area contributed by atoms with Crippen LogP contribution in [0.1, 0.15) is 33.3 Å². The van der Waals surface area contributed by atoms with Gasteiger partial charge in [0.25, 0.3) is 0 Å². The van der Waals surface area contributed by atoms with Gasteiger partial charge in [-0.3, -0.25) is 4.98 Å². The van der Waals surface area contributed by atoms with Crippen molar-refractivity contribution >= 4 is 5.69 Å². The number of rotatable bonds is 9. The van der Waals surface area contributed by atoms with Gasteiger partial charge in [0.15, 0.2) is 0 Å². The third-order valence-electron chi connectivity index (χ3n) is 3.56. The van der Waals surface area contributed by atoms with Crippen LogP contribution < -0.4 is 10.2 Å². The highest BCUT2D eigenvalue weighted by Crippen LogP contribution is 2.21. The molecular formula is C17H32N4. The quantitative estimate of drug-likeness (QED) is 0.758. The molecule has 120 valence electrons. The summed E-state index contributed by atoms with van der Waals surface area (Å²) in [6.07, 6.45) is 3.89. The minimum atomic E-state index is 0.483. The molecule has 0 fully saturated rings. The molecule has 0 bridgehead atoms. The van der Waals surface area contributed by atoms with Crippen molar-refractivity contribution in [1.82, 2.24) is 15.2 Å². The molecule has 0 aliphatic heterocycles. The van der Waals surface area contributed by atoms with E-state index in [1.54, 1.807) is 0 Å². The summed E-state index contributed by atoms with van der Waals surface area (Å²) < 4.78 is 0. The highest BCUT2D eigenvalue weighted by atomic mass is 15.2. The Balaban J connectivity index is 2.83. The molecule has 1 aromatic rings. The minimum Gasteiger partial charge on any atom is -0.367 e. The molecule has 1 rings (SSSR count). The average molecular weight is 292 g/mol. The van der Waals surface area contributed by atoms with Gasteiger partial charge in [0.1, 0.15) is 0 Å². The average Bonchev–Trinajstić information content (AvgIpc) is 2.40. The first-order valence-corrected chi connectivity index (χ1v) is 8.00. The Morgan fingerprint density at radius 3 is 2.52 bits per heavy atom. The van der Waals surface area contributed by atoms with E-state index in [-0.39, 0.29) is 0 Å². The zero-order valence-corrected chi connectivity index (χ0v) is 14.6. The molecule has 1 unspecified atom stereocenters. The second-order valence-corrected chi connectivity index (χ2v) is 6.43. The molecule has 0 saturated heterocycles. The van der Waals surface area contributed by atoms with E-state index in [1.165, 1.54) is 11.3 Å². The molecule has 0 amide bonds. The minimum absolute atomic E-state index is 0.483. The van der Waals surface area contributed by atoms with Crippen LogP contribution in [0.15, 0.2) is 18.5 Å². The predicted octanol–water partition coefficient (Wildman–Crippen LogP) is 2.60. The van der Waals surface area contributed by atoms with Gasteiger partial charge in [-0.1, -0.05) is 13.8 Å². The lowest BCUT2D eigenvalue weighted by Gasteiger charge is -2.33. The summed E-state index contributed by atoms with van der Waals surface area (Å²) in [5, 5.41) is 3.52. The number of hydrogen-bond acceptors (Lipinski definition) is 4. The summed E-state index contributed by atoms with van der Waals surface area (Å²) in [6, 6.07) is 2.62. The van der Waals surface area contributed by atoms with Crippen molar-refractivity contribution in [3.8, 4) is 0 Å². The molecule has 21 heavy (non-hydrogen) atoms. The molecule has 1 atom stereocenters. The topological polar surface area (TPSA) is 31.4 Å². The van der Waals surface area contributed by atoms with E-state index in [0.29, 0.717) is 12.0 Å². The molecule has 1 heterocycles. The van der Waals surface area contributed by atoms with E-state index >= 15 is 0 Å². The Kier molecular flexibility index (Phi) is 7.68. The zero-order chi connectivity index (χ0) is 15.8. The number of anilines is 1. The number of hydrogen-bond donors (Lipinski definition) is 1. The molecule has 0 spiro atoms. The predicted molar refractivity (Wildman–Crippen MR) is 91.8 cm³/mol. The summed E-state index contributed by atoms with van der Waals surface area (Å²) >= 11 is 0. The van der Waals surface area contributed by atoms with E-state index in [2.05, 4.69) is 68.0 Å². The van der Waals surface area contributed by atoms with Gasteiger partial charge in [0, 0.05) is 49.3 Å². The summed E-state index contributed by atoms with van der Waals surface area (Å²) in [6.45, 7) is 12.9. The van der Waals surface area contributed by atoms with Gasteiger partial charge in [-0.05, 0) is 46.5 Å². The standard InChI is InChI=1S/C17H32N4/c1-7-21(15(4)13-20(5)6)17-8-9-18-11-16(17)12-19-10-14(2)3/h8-9,11,14-15,19H,7,10,12-13H2,1-6H3. The molecule has 4 heteroatoms. The lowest BCUT2D eigenvalue weighted by Crippen LogP contribution is -2.40. The van der Waals surface area contributed by atoms with E-state index in [9.17, 15) is 0 Å². The first-order valence-electron chi connectivity index (χ1n) is 8.00. The van der Waals surface area contributed by atoms with Gasteiger partial charge in [0.2, 0.25) is 0 Å². The van der Waals surface area contributed by atoms with E-state index in [4.69, 9.17) is 0 Å². The van der Waals surface area contributed by atoms with Gasteiger partial charge in [-0.25, -0.2) is 0 Å². The zero-order valence-electron chi connectivity index (χ0n) is 14.6. The van der Waals surface area contributed by atoms with Crippen LogP contribution in [0.3, 0.4) is 0 Å². The second kappa shape index (κ2) is 9.00. The molecule has 0 radical (unpaired) electrons. The highest BCUT2D eigenvalue weighted by molar-refractivity contribution is 5.53. The van der Waals surface area contributed by atoms with Crippen LogP contribution in [0.2, 0.25) is 0 Å². The van der Waals surface area contributed by atoms with Gasteiger partial charge in [0.05, 0.1) is 0 Å². The van der Waals surface area contributed by atoms with Crippen molar-refractivity contribution in [1.29, 1.82) is 0 Å². The van der Waals surface area contributed by atoms with Crippen LogP contribution in [0.5, 0.6) is 0 Å². The van der Waals surface area contributed by atoms with Crippen LogP contribution >= 0.6 is 0 Å². The molecule has 1 aromatic heterocycles. The Hall–Kier alpha value is -1.13. The fourth-order valence-corrected chi connectivity index (χ4v) is 2.68. The third kappa shape index (κ3) is 6.02. The van der Waals surface area contributed by atoms with Gasteiger partial charge in [-0.2, -0.15) is 0 Å². The van der Waals surface area contributed by atoms with Crippen LogP contribution in [0.4, 0.5) is 5.69 Å². The molecule has 1 N–H and O–H groups in total. The fraction of sp³-hybridized carbons (Fsp3) is 0.706. The Morgan fingerprint density at radius 1 is 1.24 bits per heavy atom. The monoisotopic (exact) mass is 292 g/mol. The molecule has 0 aromatic carbocycles. The number of nitrogens with zero attached hydrogens (tertiary/aromatic N) is 3. The van der Waals surface area contributed by atoms with Crippen molar-refractivity contribution in [2.75, 3.05) is 38.6 Å². The summed E-state index contributed by atoms with van der Waals surface area (Å²) in [4.78, 5) is 9.01. The first kappa shape index (κ1) is 17.9. The van der Waals surface area contributed by atoms with Crippen LogP contribution in [0.25, 0.3) is 0 Å². The molecule has 0 saturated carbocycles.